The van der Waals surface area contributed by atoms with Gasteiger partial charge < -0.3 is 15.0 Å². The van der Waals surface area contributed by atoms with Crippen LogP contribution < -0.4 is 5.32 Å². The number of ether oxygens (including phenoxy) is 1. The predicted molar refractivity (Wildman–Crippen MR) is 78.5 cm³/mol. The Bertz CT molecular complexity index is 437. The van der Waals surface area contributed by atoms with Crippen molar-refractivity contribution in [2.24, 2.45) is 7.05 Å². The Morgan fingerprint density at radius 1 is 1.55 bits per heavy atom. The van der Waals surface area contributed by atoms with E-state index < -0.39 is 5.60 Å². The van der Waals surface area contributed by atoms with Crippen LogP contribution in [0.1, 0.15) is 39.3 Å². The molecule has 0 spiro atoms. The van der Waals surface area contributed by atoms with Gasteiger partial charge in [0.25, 0.3) is 0 Å². The summed E-state index contributed by atoms with van der Waals surface area (Å²) in [6.45, 7) is 8.96. The van der Waals surface area contributed by atoms with Crippen molar-refractivity contribution in [2.45, 2.75) is 39.3 Å². The summed E-state index contributed by atoms with van der Waals surface area (Å²) in [6.07, 6.45) is 3.53. The van der Waals surface area contributed by atoms with Gasteiger partial charge in [-0.15, -0.1) is 0 Å². The molecule has 1 unspecified atom stereocenters. The third kappa shape index (κ3) is 5.61. The van der Waals surface area contributed by atoms with Gasteiger partial charge in [0.15, 0.2) is 0 Å². The Kier molecular flexibility index (Phi) is 5.56. The first kappa shape index (κ1) is 16.5. The highest BCUT2D eigenvalue weighted by Gasteiger charge is 2.19. The molecule has 0 fully saturated rings. The van der Waals surface area contributed by atoms with Gasteiger partial charge in [0.05, 0.1) is 6.20 Å². The van der Waals surface area contributed by atoms with E-state index in [-0.39, 0.29) is 12.1 Å². The topological polar surface area (TPSA) is 59.4 Å². The van der Waals surface area contributed by atoms with Crippen LogP contribution >= 0.6 is 0 Å². The van der Waals surface area contributed by atoms with Crippen molar-refractivity contribution in [3.8, 4) is 0 Å². The maximum absolute atomic E-state index is 11.8. The molecule has 1 amide bonds. The number of nitrogens with one attached hydrogen (secondary N) is 1. The molecule has 0 aromatic carbocycles. The standard InChI is InChI=1S/C14H26N4O2/c1-11(12-9-16-18(6)10-12)15-7-8-17(5)13(19)20-14(2,3)4/h9-11,15H,7-8H2,1-6H3. The number of carbonyl (C=O) groups is 1. The lowest BCUT2D eigenvalue weighted by atomic mass is 10.2. The maximum Gasteiger partial charge on any atom is 0.410 e. The van der Waals surface area contributed by atoms with Gasteiger partial charge in [0, 0.05) is 45.0 Å². The van der Waals surface area contributed by atoms with Gasteiger partial charge in [-0.3, -0.25) is 4.68 Å². The number of aromatic nitrogens is 2. The molecular formula is C14H26N4O2. The van der Waals surface area contributed by atoms with Crippen molar-refractivity contribution in [2.75, 3.05) is 20.1 Å². The summed E-state index contributed by atoms with van der Waals surface area (Å²) in [7, 11) is 3.64. The highest BCUT2D eigenvalue weighted by Crippen LogP contribution is 2.10. The summed E-state index contributed by atoms with van der Waals surface area (Å²) in [5.41, 5.74) is 0.675. The van der Waals surface area contributed by atoms with Crippen LogP contribution in [-0.4, -0.2) is 46.5 Å². The molecule has 20 heavy (non-hydrogen) atoms. The van der Waals surface area contributed by atoms with Crippen molar-refractivity contribution in [1.29, 1.82) is 0 Å². The van der Waals surface area contributed by atoms with Crippen molar-refractivity contribution in [1.82, 2.24) is 20.0 Å². The second-order valence-electron chi connectivity index (χ2n) is 6.03. The van der Waals surface area contributed by atoms with Gasteiger partial charge >= 0.3 is 6.09 Å². The number of rotatable bonds is 5. The lowest BCUT2D eigenvalue weighted by Gasteiger charge is -2.25. The summed E-state index contributed by atoms with van der Waals surface area (Å²) in [5, 5.41) is 7.50. The van der Waals surface area contributed by atoms with Gasteiger partial charge in [0.2, 0.25) is 0 Å². The van der Waals surface area contributed by atoms with E-state index in [0.717, 1.165) is 5.56 Å². The second kappa shape index (κ2) is 6.74. The maximum atomic E-state index is 11.8. The average molecular weight is 282 g/mol. The molecule has 0 aliphatic heterocycles. The van der Waals surface area contributed by atoms with Gasteiger partial charge in [-0.2, -0.15) is 5.10 Å². The van der Waals surface area contributed by atoms with Crippen LogP contribution in [0.2, 0.25) is 0 Å². The fraction of sp³-hybridized carbons (Fsp3) is 0.714. The molecule has 6 heteroatoms. The Balaban J connectivity index is 2.31. The highest BCUT2D eigenvalue weighted by atomic mass is 16.6. The molecule has 1 atom stereocenters. The zero-order valence-electron chi connectivity index (χ0n) is 13.3. The number of amides is 1. The number of likely N-dealkylation sites (N-methyl/N-ethyl adjacent to an activating group) is 1. The molecule has 0 saturated carbocycles. The molecule has 1 heterocycles. The molecule has 0 aliphatic rings. The monoisotopic (exact) mass is 282 g/mol. The molecule has 0 radical (unpaired) electrons. The molecular weight excluding hydrogens is 256 g/mol. The molecule has 0 bridgehead atoms. The predicted octanol–water partition coefficient (Wildman–Crippen LogP) is 1.94. The van der Waals surface area contributed by atoms with Crippen molar-refractivity contribution in [3.05, 3.63) is 18.0 Å². The Hall–Kier alpha value is -1.56. The summed E-state index contributed by atoms with van der Waals surface area (Å²) in [5.74, 6) is 0. The molecule has 0 saturated heterocycles. The summed E-state index contributed by atoms with van der Waals surface area (Å²) in [6, 6.07) is 0.204. The first-order valence-electron chi connectivity index (χ1n) is 6.85. The number of nitrogens with zero attached hydrogens (tertiary/aromatic N) is 3. The molecule has 1 N–H and O–H groups in total. The van der Waals surface area contributed by atoms with E-state index in [9.17, 15) is 4.79 Å². The zero-order chi connectivity index (χ0) is 15.3. The van der Waals surface area contributed by atoms with Crippen LogP contribution in [0.15, 0.2) is 12.4 Å². The molecule has 1 rings (SSSR count). The third-order valence-electron chi connectivity index (χ3n) is 2.83. The van der Waals surface area contributed by atoms with Crippen LogP contribution in [0.3, 0.4) is 0 Å². The summed E-state index contributed by atoms with van der Waals surface area (Å²) >= 11 is 0. The Labute approximate surface area is 121 Å². The van der Waals surface area contributed by atoms with Crippen LogP contribution in [0.5, 0.6) is 0 Å². The lowest BCUT2D eigenvalue weighted by molar-refractivity contribution is 0.0299. The van der Waals surface area contributed by atoms with E-state index in [2.05, 4.69) is 17.3 Å². The summed E-state index contributed by atoms with van der Waals surface area (Å²) in [4.78, 5) is 13.3. The third-order valence-corrected chi connectivity index (χ3v) is 2.83. The van der Waals surface area contributed by atoms with Crippen LogP contribution in [0.4, 0.5) is 4.79 Å². The van der Waals surface area contributed by atoms with E-state index in [1.807, 2.05) is 40.2 Å². The first-order valence-corrected chi connectivity index (χ1v) is 6.85. The normalized spacial score (nSPS) is 13.1. The van der Waals surface area contributed by atoms with Gasteiger partial charge in [0.1, 0.15) is 5.60 Å². The fourth-order valence-electron chi connectivity index (χ4n) is 1.66. The summed E-state index contributed by atoms with van der Waals surface area (Å²) < 4.78 is 7.07. The molecule has 1 aromatic rings. The van der Waals surface area contributed by atoms with Crippen molar-refractivity contribution >= 4 is 6.09 Å². The molecule has 114 valence electrons. The Morgan fingerprint density at radius 3 is 2.70 bits per heavy atom. The van der Waals surface area contributed by atoms with Gasteiger partial charge in [-0.25, -0.2) is 4.79 Å². The zero-order valence-corrected chi connectivity index (χ0v) is 13.3. The second-order valence-corrected chi connectivity index (χ2v) is 6.03. The number of hydrogen-bond acceptors (Lipinski definition) is 4. The highest BCUT2D eigenvalue weighted by molar-refractivity contribution is 5.67. The van der Waals surface area contributed by atoms with Gasteiger partial charge in [-0.05, 0) is 27.7 Å². The molecule has 0 aliphatic carbocycles. The van der Waals surface area contributed by atoms with E-state index in [4.69, 9.17) is 4.74 Å². The fourth-order valence-corrected chi connectivity index (χ4v) is 1.66. The molecule has 1 aromatic heterocycles. The van der Waals surface area contributed by atoms with Gasteiger partial charge in [-0.1, -0.05) is 0 Å². The Morgan fingerprint density at radius 2 is 2.20 bits per heavy atom. The van der Waals surface area contributed by atoms with E-state index in [1.54, 1.807) is 16.6 Å². The van der Waals surface area contributed by atoms with Crippen LogP contribution in [-0.2, 0) is 11.8 Å². The van der Waals surface area contributed by atoms with Crippen molar-refractivity contribution < 1.29 is 9.53 Å². The smallest absolute Gasteiger partial charge is 0.410 e. The first-order chi connectivity index (χ1) is 9.19. The SMILES string of the molecule is CC(NCCN(C)C(=O)OC(C)(C)C)c1cnn(C)c1. The van der Waals surface area contributed by atoms with Crippen LogP contribution in [0.25, 0.3) is 0 Å². The van der Waals surface area contributed by atoms with Crippen LogP contribution in [0, 0.1) is 0 Å². The minimum absolute atomic E-state index is 0.204. The molecule has 6 nitrogen and oxygen atoms in total. The number of carbonyl (C=O) groups excluding carboxylic acids is 1. The minimum atomic E-state index is -0.457. The number of aryl methyl sites for hydroxylation is 1. The lowest BCUT2D eigenvalue weighted by Crippen LogP contribution is -2.38. The van der Waals surface area contributed by atoms with Crippen molar-refractivity contribution in [3.63, 3.8) is 0 Å². The minimum Gasteiger partial charge on any atom is -0.444 e. The number of hydrogen-bond donors (Lipinski definition) is 1. The largest absolute Gasteiger partial charge is 0.444 e. The average Bonchev–Trinajstić information content (AvgIpc) is 2.73. The van der Waals surface area contributed by atoms with E-state index in [1.165, 1.54) is 0 Å². The quantitative estimate of drug-likeness (QED) is 0.896. The van der Waals surface area contributed by atoms with E-state index >= 15 is 0 Å². The van der Waals surface area contributed by atoms with E-state index in [0.29, 0.717) is 13.1 Å².